The SMILES string of the molecule is O=C(O)C(C1CCCCC1)(C(F)(F)F)C(F)(F)S(=O)(=O)[O-].c1ccc([S+](c2ccccc2)c2ccccc2)cc1. The molecular weight excluding hydrogens is 575 g/mol. The molecule has 0 spiro atoms. The highest BCUT2D eigenvalue weighted by atomic mass is 32.2. The van der Waals surface area contributed by atoms with Gasteiger partial charge in [0.25, 0.3) is 0 Å². The topological polar surface area (TPSA) is 94.5 Å². The van der Waals surface area contributed by atoms with Gasteiger partial charge >= 0.3 is 17.4 Å². The summed E-state index contributed by atoms with van der Waals surface area (Å²) in [5.41, 5.74) is -4.93. The number of rotatable bonds is 7. The average Bonchev–Trinajstić information content (AvgIpc) is 2.90. The fraction of sp³-hybridized carbons (Fsp3) is 0.321. The van der Waals surface area contributed by atoms with Crippen LogP contribution in [0.2, 0.25) is 0 Å². The number of hydrogen-bond donors (Lipinski definition) is 1. The number of carbonyl (C=O) groups is 1. The molecule has 0 heterocycles. The molecule has 1 atom stereocenters. The highest BCUT2D eigenvalue weighted by molar-refractivity contribution is 7.97. The number of carboxylic acids is 1. The van der Waals surface area contributed by atoms with Crippen LogP contribution in [0.5, 0.6) is 0 Å². The molecule has 0 amide bonds. The van der Waals surface area contributed by atoms with Crippen LogP contribution in [0.25, 0.3) is 0 Å². The van der Waals surface area contributed by atoms with Gasteiger partial charge in [0.15, 0.2) is 24.8 Å². The molecule has 1 aliphatic carbocycles. The lowest BCUT2D eigenvalue weighted by atomic mass is 9.68. The third kappa shape index (κ3) is 6.34. The van der Waals surface area contributed by atoms with Crippen LogP contribution in [0.3, 0.4) is 0 Å². The Bertz CT molecular complexity index is 1250. The van der Waals surface area contributed by atoms with Crippen molar-refractivity contribution >= 4 is 27.0 Å². The van der Waals surface area contributed by atoms with Crippen LogP contribution in [-0.2, 0) is 25.8 Å². The van der Waals surface area contributed by atoms with Crippen LogP contribution in [0.1, 0.15) is 32.1 Å². The van der Waals surface area contributed by atoms with E-state index in [1.807, 2.05) is 0 Å². The molecule has 216 valence electrons. The third-order valence-electron chi connectivity index (χ3n) is 6.71. The Kier molecular flexibility index (Phi) is 10.0. The van der Waals surface area contributed by atoms with Crippen molar-refractivity contribution in [1.82, 2.24) is 0 Å². The largest absolute Gasteiger partial charge is 0.743 e. The van der Waals surface area contributed by atoms with E-state index < -0.39 is 51.7 Å². The molecule has 0 saturated heterocycles. The van der Waals surface area contributed by atoms with Crippen LogP contribution >= 0.6 is 0 Å². The molecule has 3 aromatic rings. The van der Waals surface area contributed by atoms with E-state index in [2.05, 4.69) is 91.0 Å². The molecule has 12 heteroatoms. The van der Waals surface area contributed by atoms with Crippen molar-refractivity contribution in [2.75, 3.05) is 0 Å². The minimum atomic E-state index is -6.82. The Morgan fingerprint density at radius 2 is 1.07 bits per heavy atom. The lowest BCUT2D eigenvalue weighted by Gasteiger charge is -2.45. The monoisotopic (exact) mass is 602 g/mol. The summed E-state index contributed by atoms with van der Waals surface area (Å²) >= 11 is 0. The molecule has 0 aromatic heterocycles. The molecule has 0 bridgehead atoms. The van der Waals surface area contributed by atoms with E-state index in [9.17, 15) is 39.7 Å². The maximum absolute atomic E-state index is 13.8. The van der Waals surface area contributed by atoms with Gasteiger partial charge in [-0.25, -0.2) is 8.42 Å². The first-order valence-electron chi connectivity index (χ1n) is 12.3. The third-order valence-corrected chi connectivity index (χ3v) is 9.89. The van der Waals surface area contributed by atoms with Crippen molar-refractivity contribution in [3.63, 3.8) is 0 Å². The Morgan fingerprint density at radius 3 is 1.35 bits per heavy atom. The van der Waals surface area contributed by atoms with Crippen LogP contribution in [0.4, 0.5) is 22.0 Å². The van der Waals surface area contributed by atoms with Crippen LogP contribution in [0.15, 0.2) is 106 Å². The van der Waals surface area contributed by atoms with Crippen molar-refractivity contribution in [2.45, 2.75) is 58.2 Å². The second-order valence-corrected chi connectivity index (χ2v) is 12.6. The van der Waals surface area contributed by atoms with E-state index >= 15 is 0 Å². The van der Waals surface area contributed by atoms with Crippen LogP contribution in [-0.4, -0.2) is 35.5 Å². The number of aliphatic carboxylic acids is 1. The number of alkyl halides is 5. The Morgan fingerprint density at radius 1 is 0.725 bits per heavy atom. The fourth-order valence-corrected chi connectivity index (χ4v) is 7.73. The molecule has 4 rings (SSSR count). The van der Waals surface area contributed by atoms with Gasteiger partial charge in [-0.15, -0.1) is 0 Å². The first kappa shape index (κ1) is 31.6. The Balaban J connectivity index is 0.000000221. The molecule has 1 fully saturated rings. The van der Waals surface area contributed by atoms with Gasteiger partial charge in [0.2, 0.25) is 5.41 Å². The van der Waals surface area contributed by atoms with E-state index in [0.717, 1.165) is 0 Å². The zero-order valence-corrected chi connectivity index (χ0v) is 22.7. The molecule has 1 aliphatic rings. The van der Waals surface area contributed by atoms with Gasteiger partial charge < -0.3 is 9.66 Å². The predicted octanol–water partition coefficient (Wildman–Crippen LogP) is 7.12. The van der Waals surface area contributed by atoms with Gasteiger partial charge in [0.1, 0.15) is 0 Å². The second-order valence-electron chi connectivity index (χ2n) is 9.16. The molecule has 1 saturated carbocycles. The number of halogens is 5. The lowest BCUT2D eigenvalue weighted by Crippen LogP contribution is -2.64. The van der Waals surface area contributed by atoms with Crippen molar-refractivity contribution in [3.8, 4) is 0 Å². The number of benzene rings is 3. The fourth-order valence-electron chi connectivity index (χ4n) is 4.87. The van der Waals surface area contributed by atoms with Gasteiger partial charge in [-0.05, 0) is 55.2 Å². The van der Waals surface area contributed by atoms with Gasteiger partial charge in [-0.2, -0.15) is 22.0 Å². The maximum atomic E-state index is 13.8. The Hall–Kier alpha value is -2.96. The molecular formula is C28H27F5O5S2. The van der Waals surface area contributed by atoms with E-state index in [0.29, 0.717) is 6.42 Å². The summed E-state index contributed by atoms with van der Waals surface area (Å²) in [6, 6.07) is 32.2. The molecule has 1 unspecified atom stereocenters. The minimum Gasteiger partial charge on any atom is -0.743 e. The lowest BCUT2D eigenvalue weighted by molar-refractivity contribution is -0.293. The number of hydrogen-bond acceptors (Lipinski definition) is 4. The molecule has 40 heavy (non-hydrogen) atoms. The summed E-state index contributed by atoms with van der Waals surface area (Å²) in [4.78, 5) is 15.1. The van der Waals surface area contributed by atoms with E-state index in [1.54, 1.807) is 0 Å². The predicted molar refractivity (Wildman–Crippen MR) is 139 cm³/mol. The van der Waals surface area contributed by atoms with Crippen molar-refractivity contribution < 1.29 is 44.8 Å². The quantitative estimate of drug-likeness (QED) is 0.177. The number of carboxylic acid groups (broad SMARTS) is 1. The van der Waals surface area contributed by atoms with E-state index in [-0.39, 0.29) is 23.7 Å². The summed E-state index contributed by atoms with van der Waals surface area (Å²) in [6.45, 7) is 0. The van der Waals surface area contributed by atoms with E-state index in [1.165, 1.54) is 14.7 Å². The molecule has 0 radical (unpaired) electrons. The minimum absolute atomic E-state index is 0.0146. The highest BCUT2D eigenvalue weighted by Gasteiger charge is 2.80. The van der Waals surface area contributed by atoms with Crippen molar-refractivity contribution in [1.29, 1.82) is 0 Å². The molecule has 0 aliphatic heterocycles. The first-order valence-corrected chi connectivity index (χ1v) is 14.9. The normalized spacial score (nSPS) is 16.5. The summed E-state index contributed by atoms with van der Waals surface area (Å²) in [5.74, 6) is -5.23. The van der Waals surface area contributed by atoms with Gasteiger partial charge in [-0.1, -0.05) is 73.9 Å². The van der Waals surface area contributed by atoms with Gasteiger partial charge in [0.05, 0.1) is 10.9 Å². The summed E-state index contributed by atoms with van der Waals surface area (Å²) in [6.07, 6.45) is -6.68. The maximum Gasteiger partial charge on any atom is 0.412 e. The smallest absolute Gasteiger partial charge is 0.412 e. The van der Waals surface area contributed by atoms with Crippen LogP contribution in [0, 0.1) is 11.3 Å². The van der Waals surface area contributed by atoms with Gasteiger partial charge in [-0.3, -0.25) is 4.79 Å². The molecule has 1 N–H and O–H groups in total. The van der Waals surface area contributed by atoms with Crippen molar-refractivity contribution in [3.05, 3.63) is 91.0 Å². The Labute approximate surface area is 232 Å². The summed E-state index contributed by atoms with van der Waals surface area (Å²) < 4.78 is 99.0. The molecule has 3 aromatic carbocycles. The average molecular weight is 603 g/mol. The zero-order valence-electron chi connectivity index (χ0n) is 21.1. The summed E-state index contributed by atoms with van der Waals surface area (Å²) in [7, 11) is -6.84. The highest BCUT2D eigenvalue weighted by Crippen LogP contribution is 2.59. The molecule has 5 nitrogen and oxygen atoms in total. The van der Waals surface area contributed by atoms with Crippen LogP contribution < -0.4 is 0 Å². The first-order chi connectivity index (χ1) is 18.7. The zero-order chi connectivity index (χ0) is 29.6. The second kappa shape index (κ2) is 12.7. The van der Waals surface area contributed by atoms with E-state index in [4.69, 9.17) is 5.11 Å². The summed E-state index contributed by atoms with van der Waals surface area (Å²) in [5, 5.41) is 2.81. The van der Waals surface area contributed by atoms with Gasteiger partial charge in [0, 0.05) is 0 Å². The standard InChI is InChI=1S/C18H15S.C10H13F5O5S/c1-4-10-16(11-5-1)19(17-12-6-2-7-13-17)18-14-8-3-9-15-18;11-9(12,13)8(7(16)17,6-4-2-1-3-5-6)10(14,15)21(18,19)20/h1-15H;6H,1-5H2,(H,16,17)(H,18,19,20)/q+1;/p-1. The van der Waals surface area contributed by atoms with Crippen molar-refractivity contribution in [2.24, 2.45) is 11.3 Å².